The number of fused-ring (bicyclic) bond motifs is 3. The molecule has 17 heteroatoms. The van der Waals surface area contributed by atoms with Gasteiger partial charge in [0, 0.05) is 49.2 Å². The Bertz CT molecular complexity index is 2050. The monoisotopic (exact) mass is 719 g/mol. The number of benzene rings is 2. The number of nitrogens with zero attached hydrogens (tertiary/aromatic N) is 6. The lowest BCUT2D eigenvalue weighted by atomic mass is 10.1. The minimum Gasteiger partial charge on any atom is -0.493 e. The van der Waals surface area contributed by atoms with E-state index < -0.39 is 10.0 Å². The summed E-state index contributed by atoms with van der Waals surface area (Å²) in [6.45, 7) is 7.84. The highest BCUT2D eigenvalue weighted by atomic mass is 32.2. The summed E-state index contributed by atoms with van der Waals surface area (Å²) in [5, 5.41) is 5.79. The van der Waals surface area contributed by atoms with Gasteiger partial charge in [-0.2, -0.15) is 0 Å². The summed E-state index contributed by atoms with van der Waals surface area (Å²) in [4.78, 5) is 26.2. The van der Waals surface area contributed by atoms with Crippen molar-refractivity contribution < 1.29 is 27.6 Å². The van der Waals surface area contributed by atoms with E-state index in [2.05, 4.69) is 49.7 Å². The molecule has 0 unspecified atom stereocenters. The van der Waals surface area contributed by atoms with Crippen molar-refractivity contribution >= 4 is 66.7 Å². The second kappa shape index (κ2) is 15.0. The fraction of sp³-hybridized carbons (Fsp3) is 0.364. The molecule has 7 rings (SSSR count). The van der Waals surface area contributed by atoms with Crippen LogP contribution < -0.4 is 29.4 Å². The van der Waals surface area contributed by atoms with Gasteiger partial charge in [0.15, 0.2) is 16.6 Å². The Morgan fingerprint density at radius 2 is 1.78 bits per heavy atom. The molecule has 4 N–H and O–H groups in total. The van der Waals surface area contributed by atoms with Gasteiger partial charge in [0.2, 0.25) is 23.7 Å². The Morgan fingerprint density at radius 1 is 1.02 bits per heavy atom. The maximum atomic E-state index is 12.7. The highest BCUT2D eigenvalue weighted by molar-refractivity contribution is 7.92. The van der Waals surface area contributed by atoms with Crippen LogP contribution in [0, 0.1) is 0 Å². The maximum absolute atomic E-state index is 12.7. The largest absolute Gasteiger partial charge is 0.493 e. The van der Waals surface area contributed by atoms with Crippen molar-refractivity contribution in [2.75, 3.05) is 87.7 Å². The smallest absolute Gasteiger partial charge is 0.264 e. The van der Waals surface area contributed by atoms with Gasteiger partial charge in [-0.25, -0.2) is 28.1 Å². The molecule has 0 bridgehead atoms. The van der Waals surface area contributed by atoms with Crippen LogP contribution in [0.1, 0.15) is 6.42 Å². The molecule has 2 aromatic carbocycles. The second-order valence-electron chi connectivity index (χ2n) is 11.9. The average Bonchev–Trinajstić information content (AvgIpc) is 3.51. The number of ether oxygens (including phenoxy) is 3. The number of thiocarbonyl (C=S) groups is 1. The van der Waals surface area contributed by atoms with E-state index >= 15 is 0 Å². The molecule has 0 radical (unpaired) electrons. The number of hydrogen-bond acceptors (Lipinski definition) is 11. The Hall–Kier alpha value is -4.84. The molecule has 2 fully saturated rings. The third-order valence-corrected chi connectivity index (χ3v) is 10.5. The van der Waals surface area contributed by atoms with Gasteiger partial charge in [0.05, 0.1) is 63.5 Å². The van der Waals surface area contributed by atoms with E-state index in [0.29, 0.717) is 42.0 Å². The molecule has 5 heterocycles. The van der Waals surface area contributed by atoms with E-state index in [-0.39, 0.29) is 10.8 Å². The van der Waals surface area contributed by atoms with E-state index in [9.17, 15) is 8.42 Å². The first-order valence-corrected chi connectivity index (χ1v) is 18.3. The van der Waals surface area contributed by atoms with Crippen molar-refractivity contribution in [1.29, 1.82) is 0 Å². The summed E-state index contributed by atoms with van der Waals surface area (Å²) in [7, 11) is -2.18. The molecule has 262 valence electrons. The van der Waals surface area contributed by atoms with Crippen LogP contribution in [-0.2, 0) is 14.8 Å². The zero-order chi connectivity index (χ0) is 34.5. The first-order chi connectivity index (χ1) is 24.4. The van der Waals surface area contributed by atoms with E-state index in [0.717, 1.165) is 80.1 Å². The molecule has 2 saturated heterocycles. The SMILES string of the molecule is COc1cc2[nH]c3nc[nH+]c(N4CCN(C(=S)Nc5ccc(S(=O)(=O)Nc6ncccn6)cc5)CC4)c3c2cc1OCCCN1CCOCC1. The molecular formula is C33H39N10O5S2+. The summed E-state index contributed by atoms with van der Waals surface area (Å²) in [5.41, 5.74) is 2.37. The van der Waals surface area contributed by atoms with Gasteiger partial charge in [-0.1, -0.05) is 4.98 Å². The van der Waals surface area contributed by atoms with Crippen molar-refractivity contribution in [3.8, 4) is 11.5 Å². The molecular weight excluding hydrogens is 681 g/mol. The number of nitrogens with one attached hydrogen (secondary N) is 4. The minimum atomic E-state index is -3.83. The quantitative estimate of drug-likeness (QED) is 0.135. The predicted octanol–water partition coefficient (Wildman–Crippen LogP) is 2.75. The number of hydrogen-bond donors (Lipinski definition) is 3. The Morgan fingerprint density at radius 3 is 2.52 bits per heavy atom. The minimum absolute atomic E-state index is 0.00879. The number of aromatic nitrogens is 5. The van der Waals surface area contributed by atoms with E-state index in [1.54, 1.807) is 31.6 Å². The molecule has 15 nitrogen and oxygen atoms in total. The highest BCUT2D eigenvalue weighted by Crippen LogP contribution is 2.38. The van der Waals surface area contributed by atoms with Gasteiger partial charge in [-0.05, 0) is 55.0 Å². The summed E-state index contributed by atoms with van der Waals surface area (Å²) in [5.74, 6) is 2.35. The van der Waals surface area contributed by atoms with Crippen molar-refractivity contribution in [2.45, 2.75) is 11.3 Å². The summed E-state index contributed by atoms with van der Waals surface area (Å²) in [6.07, 6.45) is 5.55. The standard InChI is InChI=1S/C33H38N10O5S2/c1-46-27-21-26-25(20-28(27)48-17-3-10-41-15-18-47-19-16-41)29-30(39-26)36-22-37-31(29)42-11-13-43(14-12-42)33(49)38-23-4-6-24(7-5-23)50(44,45)40-32-34-8-2-9-35-32/h2,4-9,20-22H,3,10-19H2,1H3,(H,38,49)(H,34,35,40)(H,36,37,39)/p+1. The molecule has 3 aromatic heterocycles. The van der Waals surface area contributed by atoms with Gasteiger partial charge in [-0.15, -0.1) is 0 Å². The van der Waals surface area contributed by atoms with Crippen LogP contribution in [0.2, 0.25) is 0 Å². The number of morpholine rings is 1. The number of piperazine rings is 1. The maximum Gasteiger partial charge on any atom is 0.264 e. The third kappa shape index (κ3) is 7.50. The Labute approximate surface area is 295 Å². The lowest BCUT2D eigenvalue weighted by Gasteiger charge is -2.34. The zero-order valence-electron chi connectivity index (χ0n) is 27.6. The van der Waals surface area contributed by atoms with Crippen LogP contribution in [0.3, 0.4) is 0 Å². The summed E-state index contributed by atoms with van der Waals surface area (Å²) in [6, 6.07) is 12.0. The second-order valence-corrected chi connectivity index (χ2v) is 14.0. The third-order valence-electron chi connectivity index (χ3n) is 8.77. The van der Waals surface area contributed by atoms with Crippen molar-refractivity contribution in [2.24, 2.45) is 0 Å². The fourth-order valence-corrected chi connectivity index (χ4v) is 7.41. The normalized spacial score (nSPS) is 15.7. The molecule has 0 aliphatic carbocycles. The summed E-state index contributed by atoms with van der Waals surface area (Å²) >= 11 is 5.74. The molecule has 50 heavy (non-hydrogen) atoms. The lowest BCUT2D eigenvalue weighted by Crippen LogP contribution is -2.51. The molecule has 0 amide bonds. The average molecular weight is 720 g/mol. The number of H-pyrrole nitrogens is 2. The van der Waals surface area contributed by atoms with Gasteiger partial charge in [0.25, 0.3) is 10.0 Å². The number of aromatic amines is 2. The van der Waals surface area contributed by atoms with Crippen LogP contribution in [0.5, 0.6) is 11.5 Å². The highest BCUT2D eigenvalue weighted by Gasteiger charge is 2.28. The van der Waals surface area contributed by atoms with Crippen molar-refractivity contribution in [3.05, 3.63) is 61.2 Å². The molecule has 5 aromatic rings. The lowest BCUT2D eigenvalue weighted by molar-refractivity contribution is -0.367. The van der Waals surface area contributed by atoms with E-state index in [1.807, 2.05) is 12.1 Å². The molecule has 0 atom stereocenters. The molecule has 2 aliphatic rings. The van der Waals surface area contributed by atoms with Crippen LogP contribution >= 0.6 is 12.2 Å². The number of rotatable bonds is 11. The molecule has 2 aliphatic heterocycles. The molecule has 0 saturated carbocycles. The number of sulfonamides is 1. The Kier molecular flexibility index (Phi) is 10.1. The van der Waals surface area contributed by atoms with Crippen LogP contribution in [0.25, 0.3) is 21.9 Å². The van der Waals surface area contributed by atoms with E-state index in [1.165, 1.54) is 24.5 Å². The van der Waals surface area contributed by atoms with Crippen LogP contribution in [0.15, 0.2) is 66.1 Å². The van der Waals surface area contributed by atoms with Gasteiger partial charge in [-0.3, -0.25) is 9.80 Å². The fourth-order valence-electron chi connectivity index (χ4n) is 6.16. The number of anilines is 3. The topological polar surface area (TPSA) is 164 Å². The Balaban J connectivity index is 0.993. The summed E-state index contributed by atoms with van der Waals surface area (Å²) < 4.78 is 45.3. The zero-order valence-corrected chi connectivity index (χ0v) is 29.2. The van der Waals surface area contributed by atoms with Gasteiger partial charge >= 0.3 is 0 Å². The van der Waals surface area contributed by atoms with Crippen molar-refractivity contribution in [3.63, 3.8) is 0 Å². The molecule has 0 spiro atoms. The first kappa shape index (κ1) is 33.6. The predicted molar refractivity (Wildman–Crippen MR) is 193 cm³/mol. The number of methoxy groups -OCH3 is 1. The van der Waals surface area contributed by atoms with Crippen LogP contribution in [0.4, 0.5) is 17.5 Å². The van der Waals surface area contributed by atoms with Crippen LogP contribution in [-0.4, -0.2) is 116 Å². The first-order valence-electron chi connectivity index (χ1n) is 16.4. The van der Waals surface area contributed by atoms with Gasteiger partial charge < -0.3 is 29.4 Å². The van der Waals surface area contributed by atoms with E-state index in [4.69, 9.17) is 26.4 Å². The van der Waals surface area contributed by atoms with Gasteiger partial charge in [0.1, 0.15) is 5.39 Å². The van der Waals surface area contributed by atoms with Crippen molar-refractivity contribution in [1.82, 2.24) is 29.7 Å².